The van der Waals surface area contributed by atoms with Crippen LogP contribution in [0.4, 0.5) is 5.69 Å². The van der Waals surface area contributed by atoms with Crippen molar-refractivity contribution in [3.63, 3.8) is 0 Å². The molecule has 0 atom stereocenters. The highest BCUT2D eigenvalue weighted by Gasteiger charge is 2.16. The molecule has 28 heavy (non-hydrogen) atoms. The number of anilines is 1. The molecule has 0 bridgehead atoms. The van der Waals surface area contributed by atoms with Crippen molar-refractivity contribution < 1.29 is 4.79 Å². The number of nitrogens with one attached hydrogen (secondary N) is 1. The molecule has 2 aromatic rings. The van der Waals surface area contributed by atoms with Crippen LogP contribution in [0.15, 0.2) is 42.5 Å². The van der Waals surface area contributed by atoms with Crippen molar-refractivity contribution in [1.82, 2.24) is 10.2 Å². The van der Waals surface area contributed by atoms with Crippen LogP contribution in [0.5, 0.6) is 0 Å². The molecule has 1 heterocycles. The molecule has 2 aromatic carbocycles. The first-order valence-electron chi connectivity index (χ1n) is 9.76. The van der Waals surface area contributed by atoms with Crippen LogP contribution in [0.1, 0.15) is 17.5 Å². The lowest BCUT2D eigenvalue weighted by Gasteiger charge is -2.36. The number of carbonyl (C=O) groups is 1. The second-order valence-corrected chi connectivity index (χ2v) is 8.11. The van der Waals surface area contributed by atoms with E-state index in [9.17, 15) is 4.79 Å². The summed E-state index contributed by atoms with van der Waals surface area (Å²) in [5.74, 6) is 0.0163. The Hall–Kier alpha value is -1.75. The summed E-state index contributed by atoms with van der Waals surface area (Å²) >= 11 is 11.9. The molecule has 0 unspecified atom stereocenters. The van der Waals surface area contributed by atoms with E-state index < -0.39 is 0 Å². The maximum absolute atomic E-state index is 12.1. The molecule has 1 aliphatic rings. The number of amides is 1. The fourth-order valence-corrected chi connectivity index (χ4v) is 3.80. The molecule has 150 valence electrons. The van der Waals surface area contributed by atoms with E-state index in [1.54, 1.807) is 12.1 Å². The molecule has 1 saturated heterocycles. The molecule has 0 aliphatic carbocycles. The third-order valence-electron chi connectivity index (χ3n) is 5.06. The Labute approximate surface area is 177 Å². The second kappa shape index (κ2) is 10.1. The van der Waals surface area contributed by atoms with Gasteiger partial charge in [0.25, 0.3) is 0 Å². The Kier molecular flexibility index (Phi) is 7.60. The normalized spacial score (nSPS) is 14.9. The standard InChI is InChI=1S/C22H27Cl2N3O/c1-17-4-2-5-19(14-17)27-12-10-26(11-13-27)9-3-8-25-22(28)16-18-6-7-20(23)21(24)15-18/h2,4-7,14-15H,3,8-13,16H2,1H3,(H,25,28). The number of halogens is 2. The van der Waals surface area contributed by atoms with Gasteiger partial charge < -0.3 is 10.2 Å². The van der Waals surface area contributed by atoms with Gasteiger partial charge in [0.2, 0.25) is 5.91 Å². The Morgan fingerprint density at radius 2 is 1.82 bits per heavy atom. The van der Waals surface area contributed by atoms with Gasteiger partial charge in [0.1, 0.15) is 0 Å². The van der Waals surface area contributed by atoms with E-state index >= 15 is 0 Å². The van der Waals surface area contributed by atoms with Gasteiger partial charge in [-0.05, 0) is 55.3 Å². The molecule has 1 aliphatic heterocycles. The van der Waals surface area contributed by atoms with Crippen LogP contribution in [0.2, 0.25) is 10.0 Å². The van der Waals surface area contributed by atoms with Gasteiger partial charge in [-0.15, -0.1) is 0 Å². The fourth-order valence-electron chi connectivity index (χ4n) is 3.48. The van der Waals surface area contributed by atoms with Crippen LogP contribution in [-0.4, -0.2) is 50.1 Å². The third-order valence-corrected chi connectivity index (χ3v) is 5.80. The van der Waals surface area contributed by atoms with Crippen LogP contribution in [0, 0.1) is 6.92 Å². The first kappa shape index (κ1) is 21.0. The molecule has 1 fully saturated rings. The maximum atomic E-state index is 12.1. The van der Waals surface area contributed by atoms with Gasteiger partial charge in [0.15, 0.2) is 0 Å². The second-order valence-electron chi connectivity index (χ2n) is 7.30. The highest BCUT2D eigenvalue weighted by molar-refractivity contribution is 6.42. The van der Waals surface area contributed by atoms with Crippen molar-refractivity contribution in [2.45, 2.75) is 19.8 Å². The zero-order valence-corrected chi connectivity index (χ0v) is 17.8. The lowest BCUT2D eigenvalue weighted by molar-refractivity contribution is -0.120. The summed E-state index contributed by atoms with van der Waals surface area (Å²) < 4.78 is 0. The largest absolute Gasteiger partial charge is 0.369 e. The third kappa shape index (κ3) is 6.13. The fraction of sp³-hybridized carbons (Fsp3) is 0.409. The van der Waals surface area contributed by atoms with Crippen molar-refractivity contribution in [1.29, 1.82) is 0 Å². The first-order valence-corrected chi connectivity index (χ1v) is 10.5. The molecule has 0 aromatic heterocycles. The number of hydrogen-bond donors (Lipinski definition) is 1. The summed E-state index contributed by atoms with van der Waals surface area (Å²) in [7, 11) is 0. The zero-order valence-electron chi connectivity index (χ0n) is 16.3. The average Bonchev–Trinajstić information content (AvgIpc) is 2.69. The molecule has 1 amide bonds. The average molecular weight is 420 g/mol. The van der Waals surface area contributed by atoms with Crippen molar-refractivity contribution >= 4 is 34.8 Å². The van der Waals surface area contributed by atoms with E-state index in [4.69, 9.17) is 23.2 Å². The molecule has 0 spiro atoms. The van der Waals surface area contributed by atoms with E-state index in [2.05, 4.69) is 46.3 Å². The summed E-state index contributed by atoms with van der Waals surface area (Å²) in [5.41, 5.74) is 3.49. The first-order chi connectivity index (χ1) is 13.5. The van der Waals surface area contributed by atoms with Crippen molar-refractivity contribution in [3.05, 3.63) is 63.6 Å². The predicted molar refractivity (Wildman–Crippen MR) is 118 cm³/mol. The number of nitrogens with zero attached hydrogens (tertiary/aromatic N) is 2. The molecule has 0 radical (unpaired) electrons. The smallest absolute Gasteiger partial charge is 0.224 e. The summed E-state index contributed by atoms with van der Waals surface area (Å²) in [4.78, 5) is 17.0. The summed E-state index contributed by atoms with van der Waals surface area (Å²) in [6.07, 6.45) is 1.28. The SMILES string of the molecule is Cc1cccc(N2CCN(CCCNC(=O)Cc3ccc(Cl)c(Cl)c3)CC2)c1. The summed E-state index contributed by atoms with van der Waals surface area (Å²) in [6, 6.07) is 14.0. The number of benzene rings is 2. The lowest BCUT2D eigenvalue weighted by atomic mass is 10.1. The number of piperazine rings is 1. The van der Waals surface area contributed by atoms with Crippen LogP contribution in [0.25, 0.3) is 0 Å². The lowest BCUT2D eigenvalue weighted by Crippen LogP contribution is -2.47. The Bertz CT molecular complexity index is 804. The Morgan fingerprint density at radius 1 is 1.04 bits per heavy atom. The van der Waals surface area contributed by atoms with E-state index in [-0.39, 0.29) is 5.91 Å². The molecule has 4 nitrogen and oxygen atoms in total. The Morgan fingerprint density at radius 3 is 2.54 bits per heavy atom. The van der Waals surface area contributed by atoms with Crippen LogP contribution in [0.3, 0.4) is 0 Å². The van der Waals surface area contributed by atoms with Crippen LogP contribution < -0.4 is 10.2 Å². The van der Waals surface area contributed by atoms with E-state index in [0.717, 1.165) is 44.7 Å². The van der Waals surface area contributed by atoms with Gasteiger partial charge in [-0.25, -0.2) is 0 Å². The topological polar surface area (TPSA) is 35.6 Å². The molecule has 1 N–H and O–H groups in total. The number of hydrogen-bond acceptors (Lipinski definition) is 3. The van der Waals surface area contributed by atoms with Crippen LogP contribution in [-0.2, 0) is 11.2 Å². The van der Waals surface area contributed by atoms with Gasteiger partial charge >= 0.3 is 0 Å². The van der Waals surface area contributed by atoms with E-state index in [1.807, 2.05) is 6.07 Å². The van der Waals surface area contributed by atoms with Gasteiger partial charge in [-0.3, -0.25) is 9.69 Å². The van der Waals surface area contributed by atoms with Crippen molar-refractivity contribution in [2.75, 3.05) is 44.2 Å². The molecule has 0 saturated carbocycles. The highest BCUT2D eigenvalue weighted by atomic mass is 35.5. The predicted octanol–water partition coefficient (Wildman–Crippen LogP) is 4.17. The number of rotatable bonds is 7. The van der Waals surface area contributed by atoms with E-state index in [1.165, 1.54) is 11.3 Å². The molecule has 3 rings (SSSR count). The van der Waals surface area contributed by atoms with Gasteiger partial charge in [0.05, 0.1) is 16.5 Å². The minimum absolute atomic E-state index is 0.0163. The van der Waals surface area contributed by atoms with Crippen LogP contribution >= 0.6 is 23.2 Å². The minimum atomic E-state index is 0.0163. The quantitative estimate of drug-likeness (QED) is 0.683. The zero-order chi connectivity index (χ0) is 19.9. The van der Waals surface area contributed by atoms with Gasteiger partial charge in [-0.1, -0.05) is 41.4 Å². The maximum Gasteiger partial charge on any atom is 0.224 e. The molecular weight excluding hydrogens is 393 g/mol. The molecular formula is C22H27Cl2N3O. The number of carbonyl (C=O) groups excluding carboxylic acids is 1. The molecule has 6 heteroatoms. The summed E-state index contributed by atoms with van der Waals surface area (Å²) in [6.45, 7) is 8.05. The number of aryl methyl sites for hydroxylation is 1. The van der Waals surface area contributed by atoms with Gasteiger partial charge in [-0.2, -0.15) is 0 Å². The van der Waals surface area contributed by atoms with Crippen molar-refractivity contribution in [3.8, 4) is 0 Å². The van der Waals surface area contributed by atoms with E-state index in [0.29, 0.717) is 23.0 Å². The van der Waals surface area contributed by atoms with Crippen molar-refractivity contribution in [2.24, 2.45) is 0 Å². The summed E-state index contributed by atoms with van der Waals surface area (Å²) in [5, 5.41) is 3.98. The Balaban J connectivity index is 1.32. The monoisotopic (exact) mass is 419 g/mol. The minimum Gasteiger partial charge on any atom is -0.369 e. The van der Waals surface area contributed by atoms with Gasteiger partial charge in [0, 0.05) is 38.4 Å². The highest BCUT2D eigenvalue weighted by Crippen LogP contribution is 2.22.